The zero-order chi connectivity index (χ0) is 18.7. The summed E-state index contributed by atoms with van der Waals surface area (Å²) in [6.07, 6.45) is -0.605. The lowest BCUT2D eigenvalue weighted by Crippen LogP contribution is -2.33. The molecule has 3 rings (SSSR count). The van der Waals surface area contributed by atoms with Gasteiger partial charge in [-0.2, -0.15) is 0 Å². The number of rotatable bonds is 5. The number of primary amides is 1. The molecule has 0 fully saturated rings. The van der Waals surface area contributed by atoms with E-state index in [1.165, 1.54) is 0 Å². The molecule has 0 aliphatic carbocycles. The lowest BCUT2D eigenvalue weighted by atomic mass is 9.97. The summed E-state index contributed by atoms with van der Waals surface area (Å²) in [6, 6.07) is 18.9. The van der Waals surface area contributed by atoms with E-state index in [1.807, 2.05) is 48.5 Å². The third-order valence-electron chi connectivity index (χ3n) is 4.24. The number of amides is 2. The Bertz CT molecular complexity index is 965. The monoisotopic (exact) mass is 348 g/mol. The van der Waals surface area contributed by atoms with Gasteiger partial charge < -0.3 is 15.8 Å². The highest BCUT2D eigenvalue weighted by Gasteiger charge is 2.14. The summed E-state index contributed by atoms with van der Waals surface area (Å²) in [5, 5.41) is 4.64. The smallest absolute Gasteiger partial charge is 0.260 e. The molecule has 1 unspecified atom stereocenters. The van der Waals surface area contributed by atoms with Gasteiger partial charge in [0.25, 0.3) is 5.91 Å². The minimum Gasteiger partial charge on any atom is -0.481 e. The highest BCUT2D eigenvalue weighted by molar-refractivity contribution is 5.99. The molecule has 0 radical (unpaired) electrons. The zero-order valence-corrected chi connectivity index (χ0v) is 14.7. The summed E-state index contributed by atoms with van der Waals surface area (Å²) in [6.45, 7) is 1.70. The molecule has 0 aromatic heterocycles. The molecule has 5 nitrogen and oxygen atoms in total. The van der Waals surface area contributed by atoms with Gasteiger partial charge in [-0.15, -0.1) is 0 Å². The van der Waals surface area contributed by atoms with Crippen LogP contribution in [0.3, 0.4) is 0 Å². The van der Waals surface area contributed by atoms with Crippen molar-refractivity contribution in [2.75, 3.05) is 7.05 Å². The molecule has 132 valence electrons. The molecule has 3 aromatic rings. The van der Waals surface area contributed by atoms with Crippen LogP contribution in [-0.2, 0) is 4.79 Å². The topological polar surface area (TPSA) is 81.4 Å². The number of hydrogen-bond donors (Lipinski definition) is 2. The molecule has 5 heteroatoms. The first-order valence-corrected chi connectivity index (χ1v) is 8.31. The van der Waals surface area contributed by atoms with Crippen LogP contribution in [0.25, 0.3) is 21.9 Å². The van der Waals surface area contributed by atoms with E-state index in [0.717, 1.165) is 21.9 Å². The highest BCUT2D eigenvalue weighted by Crippen LogP contribution is 2.33. The fraction of sp³-hybridized carbons (Fsp3) is 0.143. The zero-order valence-electron chi connectivity index (χ0n) is 14.7. The summed E-state index contributed by atoms with van der Waals surface area (Å²) >= 11 is 0. The van der Waals surface area contributed by atoms with Gasteiger partial charge in [-0.25, -0.2) is 0 Å². The average Bonchev–Trinajstić information content (AvgIpc) is 2.66. The first kappa shape index (κ1) is 17.5. The molecule has 0 bridgehead atoms. The number of likely N-dealkylation sites (N-methyl/N-ethyl adjacent to an activating group) is 1. The van der Waals surface area contributed by atoms with Gasteiger partial charge >= 0.3 is 0 Å². The van der Waals surface area contributed by atoms with Crippen LogP contribution in [0.4, 0.5) is 0 Å². The number of fused-ring (bicyclic) bond motifs is 1. The van der Waals surface area contributed by atoms with E-state index in [4.69, 9.17) is 10.5 Å². The minimum atomic E-state index is -0.605. The Morgan fingerprint density at radius 3 is 2.38 bits per heavy atom. The standard InChI is InChI=1S/C21H20N2O3/c1-13(21(25)23-2)26-17-11-16-5-3-4-6-18(16)19(12-17)14-7-9-15(10-8-14)20(22)24/h3-13H,1-2H3,(H2,22,24)(H,23,25). The summed E-state index contributed by atoms with van der Waals surface area (Å²) in [5.41, 5.74) is 7.67. The minimum absolute atomic E-state index is 0.189. The Hall–Kier alpha value is -3.34. The lowest BCUT2D eigenvalue weighted by Gasteiger charge is -2.16. The second-order valence-corrected chi connectivity index (χ2v) is 6.01. The van der Waals surface area contributed by atoms with Gasteiger partial charge in [0.2, 0.25) is 5.91 Å². The van der Waals surface area contributed by atoms with Crippen molar-refractivity contribution < 1.29 is 14.3 Å². The second kappa shape index (κ2) is 7.27. The van der Waals surface area contributed by atoms with Gasteiger partial charge in [-0.1, -0.05) is 36.4 Å². The van der Waals surface area contributed by atoms with E-state index < -0.39 is 12.0 Å². The molecule has 0 aliphatic rings. The fourth-order valence-corrected chi connectivity index (χ4v) is 2.86. The largest absolute Gasteiger partial charge is 0.481 e. The Morgan fingerprint density at radius 2 is 1.73 bits per heavy atom. The molecule has 2 amide bonds. The molecule has 26 heavy (non-hydrogen) atoms. The van der Waals surface area contributed by atoms with E-state index in [0.29, 0.717) is 11.3 Å². The number of carbonyl (C=O) groups is 2. The molecule has 0 saturated carbocycles. The quantitative estimate of drug-likeness (QED) is 0.743. The maximum absolute atomic E-state index is 11.8. The maximum atomic E-state index is 11.8. The van der Waals surface area contributed by atoms with Crippen LogP contribution in [0.1, 0.15) is 17.3 Å². The van der Waals surface area contributed by atoms with E-state index in [-0.39, 0.29) is 5.91 Å². The third-order valence-corrected chi connectivity index (χ3v) is 4.24. The Kier molecular flexibility index (Phi) is 4.89. The van der Waals surface area contributed by atoms with Crippen molar-refractivity contribution in [1.82, 2.24) is 5.32 Å². The van der Waals surface area contributed by atoms with Gasteiger partial charge in [0, 0.05) is 12.6 Å². The van der Waals surface area contributed by atoms with Crippen LogP contribution < -0.4 is 15.8 Å². The van der Waals surface area contributed by atoms with Crippen LogP contribution in [-0.4, -0.2) is 25.0 Å². The molecule has 3 N–H and O–H groups in total. The molecule has 0 heterocycles. The van der Waals surface area contributed by atoms with Gasteiger partial charge in [-0.3, -0.25) is 9.59 Å². The van der Waals surface area contributed by atoms with E-state index in [2.05, 4.69) is 5.32 Å². The van der Waals surface area contributed by atoms with Gasteiger partial charge in [0.1, 0.15) is 5.75 Å². The van der Waals surface area contributed by atoms with Crippen LogP contribution in [0.15, 0.2) is 60.7 Å². The van der Waals surface area contributed by atoms with Crippen LogP contribution in [0, 0.1) is 0 Å². The van der Waals surface area contributed by atoms with Gasteiger partial charge in [-0.05, 0) is 53.1 Å². The van der Waals surface area contributed by atoms with Crippen molar-refractivity contribution in [2.45, 2.75) is 13.0 Å². The average molecular weight is 348 g/mol. The van der Waals surface area contributed by atoms with E-state index >= 15 is 0 Å². The van der Waals surface area contributed by atoms with Crippen molar-refractivity contribution in [3.63, 3.8) is 0 Å². The van der Waals surface area contributed by atoms with Crippen molar-refractivity contribution in [3.05, 3.63) is 66.2 Å². The first-order chi connectivity index (χ1) is 12.5. The van der Waals surface area contributed by atoms with Gasteiger partial charge in [0.05, 0.1) is 0 Å². The molecule has 1 atom stereocenters. The van der Waals surface area contributed by atoms with Crippen LogP contribution in [0.5, 0.6) is 5.75 Å². The number of carbonyl (C=O) groups excluding carboxylic acids is 2. The Balaban J connectivity index is 2.08. The number of nitrogens with one attached hydrogen (secondary N) is 1. The predicted octanol–water partition coefficient (Wildman–Crippen LogP) is 3.12. The summed E-state index contributed by atoms with van der Waals surface area (Å²) in [4.78, 5) is 23.0. The molecule has 0 spiro atoms. The highest BCUT2D eigenvalue weighted by atomic mass is 16.5. The van der Waals surface area contributed by atoms with Crippen LogP contribution in [0.2, 0.25) is 0 Å². The predicted molar refractivity (Wildman–Crippen MR) is 102 cm³/mol. The molecule has 0 aliphatic heterocycles. The third kappa shape index (κ3) is 3.52. The van der Waals surface area contributed by atoms with Gasteiger partial charge in [0.15, 0.2) is 6.10 Å². The molecular weight excluding hydrogens is 328 g/mol. The van der Waals surface area contributed by atoms with Crippen LogP contribution >= 0.6 is 0 Å². The maximum Gasteiger partial charge on any atom is 0.260 e. The number of ether oxygens (including phenoxy) is 1. The fourth-order valence-electron chi connectivity index (χ4n) is 2.86. The summed E-state index contributed by atoms with van der Waals surface area (Å²) in [5.74, 6) is -0.0443. The SMILES string of the molecule is CNC(=O)C(C)Oc1cc(-c2ccc(C(N)=O)cc2)c2ccccc2c1. The Labute approximate surface area is 151 Å². The van der Waals surface area contributed by atoms with Crippen molar-refractivity contribution in [1.29, 1.82) is 0 Å². The van der Waals surface area contributed by atoms with Crippen molar-refractivity contribution in [3.8, 4) is 16.9 Å². The lowest BCUT2D eigenvalue weighted by molar-refractivity contribution is -0.126. The summed E-state index contributed by atoms with van der Waals surface area (Å²) in [7, 11) is 1.58. The van der Waals surface area contributed by atoms with E-state index in [1.54, 1.807) is 26.1 Å². The normalized spacial score (nSPS) is 11.8. The molecular formula is C21H20N2O3. The number of hydrogen-bond acceptors (Lipinski definition) is 3. The second-order valence-electron chi connectivity index (χ2n) is 6.01. The molecule has 0 saturated heterocycles. The molecule has 3 aromatic carbocycles. The number of benzene rings is 3. The number of nitrogens with two attached hydrogens (primary N) is 1. The van der Waals surface area contributed by atoms with E-state index in [9.17, 15) is 9.59 Å². The summed E-state index contributed by atoms with van der Waals surface area (Å²) < 4.78 is 5.81. The van der Waals surface area contributed by atoms with Crippen molar-refractivity contribution >= 4 is 22.6 Å². The Morgan fingerprint density at radius 1 is 1.04 bits per heavy atom. The first-order valence-electron chi connectivity index (χ1n) is 8.31. The van der Waals surface area contributed by atoms with Crippen molar-refractivity contribution in [2.24, 2.45) is 5.73 Å².